The first-order chi connectivity index (χ1) is 13.8. The first kappa shape index (κ1) is 17.8. The standard InChI is InChI=1S/C21H28N2O5/c1-21(19(24)27-2,12-17-5-3-4-6-23(17)26)22-20(25)28-18-15-8-13-7-14(10-15)11-16(18)9-13/h3-6,13-16,18H,7-12H2,1-2H3,(H,22,25)/t13?,14?,15?,16?,18?,21-/m0/s1/i5D. The number of hydrogen-bond donors (Lipinski definition) is 1. The van der Waals surface area contributed by atoms with Crippen LogP contribution in [0, 0.1) is 28.9 Å². The van der Waals surface area contributed by atoms with Crippen molar-refractivity contribution in [3.8, 4) is 0 Å². The third kappa shape index (κ3) is 3.54. The lowest BCUT2D eigenvalue weighted by Gasteiger charge is -2.53. The molecule has 1 heterocycles. The molecule has 1 aromatic rings. The van der Waals surface area contributed by atoms with Crippen molar-refractivity contribution >= 4 is 12.1 Å². The molecular weight excluding hydrogens is 360 g/mol. The molecule has 0 radical (unpaired) electrons. The second kappa shape index (κ2) is 7.26. The van der Waals surface area contributed by atoms with Crippen molar-refractivity contribution in [1.82, 2.24) is 5.32 Å². The Bertz CT molecular complexity index is 768. The Morgan fingerprint density at radius 3 is 2.46 bits per heavy atom. The lowest BCUT2D eigenvalue weighted by Crippen LogP contribution is -2.58. The molecule has 0 aliphatic heterocycles. The van der Waals surface area contributed by atoms with Gasteiger partial charge in [0.05, 0.1) is 14.9 Å². The Morgan fingerprint density at radius 1 is 1.25 bits per heavy atom. The Hall–Kier alpha value is -2.31. The summed E-state index contributed by atoms with van der Waals surface area (Å²) < 4.78 is 19.2. The molecule has 152 valence electrons. The van der Waals surface area contributed by atoms with E-state index in [0.29, 0.717) is 16.6 Å². The Morgan fingerprint density at radius 2 is 1.89 bits per heavy atom. The number of rotatable bonds is 5. The van der Waals surface area contributed by atoms with E-state index in [2.05, 4.69) is 5.32 Å². The zero-order chi connectivity index (χ0) is 20.8. The van der Waals surface area contributed by atoms with Crippen LogP contribution in [0.2, 0.25) is 0 Å². The molecule has 1 aromatic heterocycles. The number of aromatic nitrogens is 1. The monoisotopic (exact) mass is 389 g/mol. The molecule has 4 aliphatic carbocycles. The van der Waals surface area contributed by atoms with Crippen molar-refractivity contribution in [2.24, 2.45) is 23.7 Å². The topological polar surface area (TPSA) is 91.6 Å². The molecule has 1 atom stereocenters. The molecule has 0 unspecified atom stereocenters. The minimum atomic E-state index is -1.51. The first-order valence-corrected chi connectivity index (χ1v) is 10.0. The average molecular weight is 389 g/mol. The number of ether oxygens (including phenoxy) is 2. The predicted octanol–water partition coefficient (Wildman–Crippen LogP) is 2.35. The van der Waals surface area contributed by atoms with Crippen LogP contribution in [0.1, 0.15) is 46.1 Å². The second-order valence-corrected chi connectivity index (χ2v) is 8.85. The molecule has 28 heavy (non-hydrogen) atoms. The normalized spacial score (nSPS) is 32.9. The van der Waals surface area contributed by atoms with E-state index < -0.39 is 17.6 Å². The van der Waals surface area contributed by atoms with Gasteiger partial charge in [-0.05, 0) is 62.7 Å². The zero-order valence-corrected chi connectivity index (χ0v) is 16.3. The van der Waals surface area contributed by atoms with Gasteiger partial charge in [-0.15, -0.1) is 0 Å². The van der Waals surface area contributed by atoms with Crippen molar-refractivity contribution in [1.29, 1.82) is 0 Å². The van der Waals surface area contributed by atoms with E-state index in [9.17, 15) is 14.8 Å². The summed E-state index contributed by atoms with van der Waals surface area (Å²) in [6, 6.07) is 2.92. The van der Waals surface area contributed by atoms with Gasteiger partial charge >= 0.3 is 12.1 Å². The lowest BCUT2D eigenvalue weighted by molar-refractivity contribution is -0.614. The van der Waals surface area contributed by atoms with E-state index in [1.54, 1.807) is 0 Å². The summed E-state index contributed by atoms with van der Waals surface area (Å²) >= 11 is 0. The van der Waals surface area contributed by atoms with Gasteiger partial charge in [0.2, 0.25) is 0 Å². The molecule has 0 spiro atoms. The van der Waals surface area contributed by atoms with Gasteiger partial charge in [-0.1, -0.05) is 6.07 Å². The maximum absolute atomic E-state index is 12.8. The molecular formula is C21H28N2O5. The van der Waals surface area contributed by atoms with E-state index in [0.717, 1.165) is 37.5 Å². The van der Waals surface area contributed by atoms with Crippen LogP contribution in [-0.2, 0) is 20.7 Å². The van der Waals surface area contributed by atoms with Gasteiger partial charge in [-0.25, -0.2) is 9.59 Å². The minimum Gasteiger partial charge on any atom is -0.619 e. The highest BCUT2D eigenvalue weighted by Gasteiger charge is 2.50. The molecule has 4 bridgehead atoms. The Kier molecular flexibility index (Phi) is 4.61. The van der Waals surface area contributed by atoms with Crippen molar-refractivity contribution in [2.45, 2.75) is 57.1 Å². The van der Waals surface area contributed by atoms with Crippen molar-refractivity contribution in [3.05, 3.63) is 35.3 Å². The number of amides is 1. The van der Waals surface area contributed by atoms with E-state index in [1.165, 1.54) is 38.8 Å². The van der Waals surface area contributed by atoms with Gasteiger partial charge in [0, 0.05) is 12.1 Å². The number of nitrogens with one attached hydrogen (secondary N) is 1. The third-order valence-electron chi connectivity index (χ3n) is 6.75. The van der Waals surface area contributed by atoms with Gasteiger partial charge in [-0.2, -0.15) is 4.73 Å². The highest BCUT2D eigenvalue weighted by molar-refractivity contribution is 5.85. The maximum atomic E-state index is 12.8. The van der Waals surface area contributed by atoms with Crippen molar-refractivity contribution < 1.29 is 25.2 Å². The van der Waals surface area contributed by atoms with Crippen LogP contribution in [0.5, 0.6) is 0 Å². The van der Waals surface area contributed by atoms with E-state index in [-0.39, 0.29) is 24.3 Å². The molecule has 7 heteroatoms. The molecule has 7 nitrogen and oxygen atoms in total. The summed E-state index contributed by atoms with van der Waals surface area (Å²) in [5.74, 6) is 1.64. The molecule has 0 aromatic carbocycles. The van der Waals surface area contributed by atoms with Crippen molar-refractivity contribution in [2.75, 3.05) is 7.11 Å². The van der Waals surface area contributed by atoms with Crippen LogP contribution in [0.15, 0.2) is 24.4 Å². The van der Waals surface area contributed by atoms with Crippen LogP contribution in [0.3, 0.4) is 0 Å². The molecule has 1 amide bonds. The summed E-state index contributed by atoms with van der Waals surface area (Å²) in [6.45, 7) is 1.49. The molecule has 1 N–H and O–H groups in total. The predicted molar refractivity (Wildman–Crippen MR) is 100.0 cm³/mol. The maximum Gasteiger partial charge on any atom is 0.408 e. The van der Waals surface area contributed by atoms with E-state index in [4.69, 9.17) is 10.8 Å². The molecule has 4 aliphatic rings. The number of nitrogens with zero attached hydrogens (tertiary/aromatic N) is 1. The number of hydrogen-bond acceptors (Lipinski definition) is 5. The van der Waals surface area contributed by atoms with Crippen LogP contribution in [0.25, 0.3) is 0 Å². The summed E-state index contributed by atoms with van der Waals surface area (Å²) in [7, 11) is 1.23. The lowest BCUT2D eigenvalue weighted by atomic mass is 9.55. The number of carbonyl (C=O) groups excluding carboxylic acids is 2. The zero-order valence-electron chi connectivity index (χ0n) is 17.3. The summed E-state index contributed by atoms with van der Waals surface area (Å²) in [5, 5.41) is 14.7. The van der Waals surface area contributed by atoms with Crippen LogP contribution in [0.4, 0.5) is 4.79 Å². The quantitative estimate of drug-likeness (QED) is 0.474. The van der Waals surface area contributed by atoms with Gasteiger partial charge in [0.25, 0.3) is 0 Å². The molecule has 5 rings (SSSR count). The minimum absolute atomic E-state index is 0.00571. The Balaban J connectivity index is 1.48. The number of methoxy groups -OCH3 is 1. The van der Waals surface area contributed by atoms with Gasteiger partial charge in [0.15, 0.2) is 11.9 Å². The third-order valence-corrected chi connectivity index (χ3v) is 6.75. The van der Waals surface area contributed by atoms with Gasteiger partial charge < -0.3 is 20.0 Å². The second-order valence-electron chi connectivity index (χ2n) is 8.85. The summed E-state index contributed by atoms with van der Waals surface area (Å²) in [4.78, 5) is 25.2. The van der Waals surface area contributed by atoms with Crippen molar-refractivity contribution in [3.63, 3.8) is 0 Å². The van der Waals surface area contributed by atoms with Gasteiger partial charge in [0.1, 0.15) is 11.6 Å². The average Bonchev–Trinajstić information content (AvgIpc) is 2.66. The fraction of sp³-hybridized carbons (Fsp3) is 0.667. The number of carbonyl (C=O) groups is 2. The van der Waals surface area contributed by atoms with Gasteiger partial charge in [-0.3, -0.25) is 0 Å². The number of esters is 1. The highest BCUT2D eigenvalue weighted by atomic mass is 16.6. The number of pyridine rings is 1. The summed E-state index contributed by atoms with van der Waals surface area (Å²) in [5.41, 5.74) is -1.43. The molecule has 4 saturated carbocycles. The summed E-state index contributed by atoms with van der Waals surface area (Å²) in [6.07, 6.45) is 6.07. The van der Waals surface area contributed by atoms with E-state index >= 15 is 0 Å². The largest absolute Gasteiger partial charge is 0.619 e. The van der Waals surface area contributed by atoms with Crippen LogP contribution >= 0.6 is 0 Å². The fourth-order valence-corrected chi connectivity index (χ4v) is 5.72. The highest BCUT2D eigenvalue weighted by Crippen LogP contribution is 2.54. The first-order valence-electron chi connectivity index (χ1n) is 10.5. The fourth-order valence-electron chi connectivity index (χ4n) is 5.72. The molecule has 4 fully saturated rings. The SMILES string of the molecule is [2H]c1ccc[n+]([O-])c1C[C@](C)(NC(=O)OC1C2CC3CC(C2)CC1C3)C(=O)OC. The van der Waals surface area contributed by atoms with Crippen LogP contribution in [-0.4, -0.2) is 30.8 Å². The Labute approximate surface area is 166 Å². The number of alkyl carbamates (subject to hydrolysis) is 1. The van der Waals surface area contributed by atoms with E-state index in [1.807, 2.05) is 0 Å². The smallest absolute Gasteiger partial charge is 0.408 e. The van der Waals surface area contributed by atoms with Crippen LogP contribution < -0.4 is 10.0 Å². The molecule has 0 saturated heterocycles.